The van der Waals surface area contributed by atoms with Gasteiger partial charge in [0.25, 0.3) is 0 Å². The van der Waals surface area contributed by atoms with Crippen molar-refractivity contribution in [1.82, 2.24) is 4.98 Å². The number of hydrogen-bond acceptors (Lipinski definition) is 2. The Morgan fingerprint density at radius 2 is 1.82 bits per heavy atom. The first-order chi connectivity index (χ1) is 7.86. The molecular formula is C14H14ClNO. The highest BCUT2D eigenvalue weighted by Gasteiger charge is 2.01. The second-order valence-corrected chi connectivity index (χ2v) is 3.50. The van der Waals surface area contributed by atoms with Crippen molar-refractivity contribution in [3.8, 4) is 0 Å². The molecule has 88 valence electrons. The van der Waals surface area contributed by atoms with E-state index in [1.54, 1.807) is 18.5 Å². The maximum atomic E-state index is 9.86. The Bertz CT molecular complexity index is 456. The van der Waals surface area contributed by atoms with Gasteiger partial charge in [-0.1, -0.05) is 48.6 Å². The fraction of sp³-hybridized carbons (Fsp3) is 0.0714. The Morgan fingerprint density at radius 3 is 2.47 bits per heavy atom. The molecule has 0 bridgehead atoms. The van der Waals surface area contributed by atoms with E-state index in [-0.39, 0.29) is 12.4 Å². The van der Waals surface area contributed by atoms with Crippen molar-refractivity contribution in [1.29, 1.82) is 0 Å². The highest BCUT2D eigenvalue weighted by atomic mass is 35.5. The summed E-state index contributed by atoms with van der Waals surface area (Å²) < 4.78 is 0. The molecule has 2 rings (SSSR count). The quantitative estimate of drug-likeness (QED) is 0.903. The third-order valence-corrected chi connectivity index (χ3v) is 2.30. The molecule has 0 saturated heterocycles. The third-order valence-electron chi connectivity index (χ3n) is 2.30. The molecule has 1 unspecified atom stereocenters. The lowest BCUT2D eigenvalue weighted by Gasteiger charge is -2.04. The van der Waals surface area contributed by atoms with E-state index in [1.807, 2.05) is 48.5 Å². The number of rotatable bonds is 3. The molecule has 0 fully saturated rings. The average Bonchev–Trinajstić information content (AvgIpc) is 2.38. The van der Waals surface area contributed by atoms with Crippen LogP contribution in [0.25, 0.3) is 6.08 Å². The molecule has 3 heteroatoms. The summed E-state index contributed by atoms with van der Waals surface area (Å²) in [5.41, 5.74) is 1.88. The van der Waals surface area contributed by atoms with Crippen LogP contribution in [0.1, 0.15) is 17.2 Å². The van der Waals surface area contributed by atoms with Crippen LogP contribution in [0.5, 0.6) is 0 Å². The molecule has 17 heavy (non-hydrogen) atoms. The largest absolute Gasteiger partial charge is 0.384 e. The smallest absolute Gasteiger partial charge is 0.0989 e. The molecule has 1 atom stereocenters. The van der Waals surface area contributed by atoms with Gasteiger partial charge in [-0.2, -0.15) is 0 Å². The second-order valence-electron chi connectivity index (χ2n) is 3.50. The van der Waals surface area contributed by atoms with Crippen LogP contribution in [0.15, 0.2) is 60.9 Å². The number of nitrogens with zero attached hydrogens (tertiary/aromatic N) is 1. The number of pyridine rings is 1. The number of hydrogen-bond donors (Lipinski definition) is 1. The fourth-order valence-corrected chi connectivity index (χ4v) is 1.43. The Hall–Kier alpha value is -1.64. The van der Waals surface area contributed by atoms with Crippen molar-refractivity contribution in [3.05, 3.63) is 72.1 Å². The monoisotopic (exact) mass is 247 g/mol. The van der Waals surface area contributed by atoms with E-state index in [0.29, 0.717) is 0 Å². The van der Waals surface area contributed by atoms with Gasteiger partial charge in [-0.05, 0) is 11.6 Å². The van der Waals surface area contributed by atoms with Gasteiger partial charge in [-0.25, -0.2) is 0 Å². The molecule has 0 saturated carbocycles. The Balaban J connectivity index is 0.00000144. The lowest BCUT2D eigenvalue weighted by atomic mass is 10.1. The Morgan fingerprint density at radius 1 is 1.06 bits per heavy atom. The van der Waals surface area contributed by atoms with Crippen LogP contribution in [0.4, 0.5) is 0 Å². The molecule has 0 spiro atoms. The normalized spacial score (nSPS) is 12.1. The van der Waals surface area contributed by atoms with Crippen molar-refractivity contribution in [2.24, 2.45) is 0 Å². The third kappa shape index (κ3) is 4.02. The van der Waals surface area contributed by atoms with E-state index < -0.39 is 6.10 Å². The summed E-state index contributed by atoms with van der Waals surface area (Å²) in [6.07, 6.45) is 6.41. The van der Waals surface area contributed by atoms with Crippen LogP contribution in [-0.4, -0.2) is 10.1 Å². The zero-order valence-electron chi connectivity index (χ0n) is 9.23. The number of aromatic nitrogens is 1. The minimum Gasteiger partial charge on any atom is -0.384 e. The van der Waals surface area contributed by atoms with Crippen LogP contribution >= 0.6 is 12.4 Å². The number of aliphatic hydroxyl groups is 1. The lowest BCUT2D eigenvalue weighted by molar-refractivity contribution is 0.229. The number of aliphatic hydroxyl groups excluding tert-OH is 1. The van der Waals surface area contributed by atoms with Gasteiger partial charge in [0.05, 0.1) is 6.10 Å². The first-order valence-corrected chi connectivity index (χ1v) is 5.17. The molecule has 2 nitrogen and oxygen atoms in total. The summed E-state index contributed by atoms with van der Waals surface area (Å²) in [6.45, 7) is 0. The molecule has 0 aliphatic rings. The van der Waals surface area contributed by atoms with Crippen molar-refractivity contribution >= 4 is 18.5 Å². The average molecular weight is 248 g/mol. The summed E-state index contributed by atoms with van der Waals surface area (Å²) in [5.74, 6) is 0. The van der Waals surface area contributed by atoms with Crippen LogP contribution in [0.2, 0.25) is 0 Å². The highest BCUT2D eigenvalue weighted by molar-refractivity contribution is 5.85. The van der Waals surface area contributed by atoms with Crippen molar-refractivity contribution < 1.29 is 5.11 Å². The molecule has 2 aromatic rings. The summed E-state index contributed by atoms with van der Waals surface area (Å²) in [6, 6.07) is 13.6. The predicted molar refractivity (Wildman–Crippen MR) is 71.9 cm³/mol. The first kappa shape index (κ1) is 13.4. The van der Waals surface area contributed by atoms with E-state index in [1.165, 1.54) is 0 Å². The lowest BCUT2D eigenvalue weighted by Crippen LogP contribution is -1.92. The van der Waals surface area contributed by atoms with Gasteiger partial charge < -0.3 is 5.11 Å². The summed E-state index contributed by atoms with van der Waals surface area (Å²) >= 11 is 0. The first-order valence-electron chi connectivity index (χ1n) is 5.17. The molecule has 0 radical (unpaired) electrons. The fourth-order valence-electron chi connectivity index (χ4n) is 1.43. The van der Waals surface area contributed by atoms with Crippen LogP contribution < -0.4 is 0 Å². The Kier molecular flexibility index (Phi) is 5.40. The van der Waals surface area contributed by atoms with Crippen LogP contribution in [0, 0.1) is 0 Å². The van der Waals surface area contributed by atoms with E-state index >= 15 is 0 Å². The molecule has 0 aliphatic heterocycles. The van der Waals surface area contributed by atoms with Crippen molar-refractivity contribution in [2.45, 2.75) is 6.10 Å². The minimum absolute atomic E-state index is 0. The van der Waals surface area contributed by atoms with E-state index in [0.717, 1.165) is 11.1 Å². The molecule has 1 aromatic heterocycles. The Labute approximate surface area is 107 Å². The van der Waals surface area contributed by atoms with Gasteiger partial charge in [0.15, 0.2) is 0 Å². The maximum Gasteiger partial charge on any atom is 0.0989 e. The van der Waals surface area contributed by atoms with Gasteiger partial charge in [0.1, 0.15) is 0 Å². The second kappa shape index (κ2) is 6.84. The predicted octanol–water partition coefficient (Wildman–Crippen LogP) is 3.25. The zero-order valence-corrected chi connectivity index (χ0v) is 10.0. The van der Waals surface area contributed by atoms with Crippen LogP contribution in [0.3, 0.4) is 0 Å². The standard InChI is InChI=1S/C14H13NO.ClH/c16-14(13-7-4-10-15-11-13)9-8-12-5-2-1-3-6-12;/h1-11,14,16H;1H/b9-8+;. The van der Waals surface area contributed by atoms with Gasteiger partial charge in [0, 0.05) is 18.0 Å². The van der Waals surface area contributed by atoms with Gasteiger partial charge in [0.2, 0.25) is 0 Å². The van der Waals surface area contributed by atoms with Gasteiger partial charge in [-0.3, -0.25) is 4.98 Å². The van der Waals surface area contributed by atoms with Crippen molar-refractivity contribution in [3.63, 3.8) is 0 Å². The molecular weight excluding hydrogens is 234 g/mol. The summed E-state index contributed by atoms with van der Waals surface area (Å²) in [4.78, 5) is 3.97. The summed E-state index contributed by atoms with van der Waals surface area (Å²) in [5, 5.41) is 9.86. The molecule has 0 aliphatic carbocycles. The van der Waals surface area contributed by atoms with Crippen molar-refractivity contribution in [2.75, 3.05) is 0 Å². The molecule has 1 aromatic carbocycles. The molecule has 1 N–H and O–H groups in total. The summed E-state index contributed by atoms with van der Waals surface area (Å²) in [7, 11) is 0. The molecule has 1 heterocycles. The minimum atomic E-state index is -0.603. The van der Waals surface area contributed by atoms with Crippen LogP contribution in [-0.2, 0) is 0 Å². The van der Waals surface area contributed by atoms with E-state index in [9.17, 15) is 5.11 Å². The topological polar surface area (TPSA) is 33.1 Å². The number of halogens is 1. The number of benzene rings is 1. The van der Waals surface area contributed by atoms with Gasteiger partial charge >= 0.3 is 0 Å². The van der Waals surface area contributed by atoms with Gasteiger partial charge in [-0.15, -0.1) is 12.4 Å². The maximum absolute atomic E-state index is 9.86. The van der Waals surface area contributed by atoms with E-state index in [4.69, 9.17) is 0 Å². The SMILES string of the molecule is Cl.OC(/C=C/c1ccccc1)c1cccnc1. The zero-order chi connectivity index (χ0) is 11.2. The molecule has 0 amide bonds. The van der Waals surface area contributed by atoms with E-state index in [2.05, 4.69) is 4.98 Å². The highest BCUT2D eigenvalue weighted by Crippen LogP contribution is 2.14.